The second-order valence-electron chi connectivity index (χ2n) is 22.9. The third-order valence-corrected chi connectivity index (χ3v) is 23.6. The predicted molar refractivity (Wildman–Crippen MR) is 368 cm³/mol. The van der Waals surface area contributed by atoms with Gasteiger partial charge in [-0.3, -0.25) is 0 Å². The van der Waals surface area contributed by atoms with Crippen LogP contribution >= 0.6 is 68.0 Å². The molecular weight excluding hydrogens is 1080 g/mol. The highest BCUT2D eigenvalue weighted by atomic mass is 32.1. The van der Waals surface area contributed by atoms with Crippen LogP contribution < -0.4 is 0 Å². The van der Waals surface area contributed by atoms with Gasteiger partial charge in [0.2, 0.25) is 0 Å². The predicted octanol–water partition coefficient (Wildman–Crippen LogP) is 27.8. The maximum Gasteiger partial charge on any atom is 0.0449 e. The highest BCUT2D eigenvalue weighted by Crippen LogP contribution is 2.44. The Morgan fingerprint density at radius 2 is 0.425 bits per heavy atom. The van der Waals surface area contributed by atoms with Crippen LogP contribution in [0.3, 0.4) is 0 Å². The van der Waals surface area contributed by atoms with Crippen molar-refractivity contribution in [1.29, 1.82) is 0 Å². The molecule has 0 spiro atoms. The van der Waals surface area contributed by atoms with Crippen LogP contribution in [0.25, 0.3) is 72.1 Å². The maximum absolute atomic E-state index is 2.38. The monoisotopic (exact) mass is 1180 g/mol. The van der Waals surface area contributed by atoms with E-state index in [2.05, 4.69) is 147 Å². The van der Waals surface area contributed by atoms with Gasteiger partial charge in [-0.15, -0.1) is 68.0 Å². The molecule has 8 aromatic rings. The summed E-state index contributed by atoms with van der Waals surface area (Å²) in [7, 11) is 0. The normalized spacial score (nSPS) is 11.8. The minimum absolute atomic E-state index is 1.22. The van der Waals surface area contributed by atoms with Crippen LogP contribution in [0.2, 0.25) is 0 Å². The lowest BCUT2D eigenvalue weighted by molar-refractivity contribution is 0.529. The summed E-state index contributed by atoms with van der Waals surface area (Å²) in [5, 5.41) is 0. The third kappa shape index (κ3) is 21.9. The molecule has 0 N–H and O–H groups in total. The van der Waals surface area contributed by atoms with Gasteiger partial charge in [0.05, 0.1) is 0 Å². The van der Waals surface area contributed by atoms with Crippen LogP contribution in [0.1, 0.15) is 240 Å². The molecule has 80 heavy (non-hydrogen) atoms. The van der Waals surface area contributed by atoms with E-state index in [0.29, 0.717) is 0 Å². The van der Waals surface area contributed by atoms with Gasteiger partial charge in [-0.05, 0) is 121 Å². The van der Waals surface area contributed by atoms with Crippen molar-refractivity contribution in [2.24, 2.45) is 0 Å². The zero-order valence-electron chi connectivity index (χ0n) is 49.2. The fourth-order valence-electron chi connectivity index (χ4n) is 11.1. The van der Waals surface area contributed by atoms with Crippen LogP contribution in [0.15, 0.2) is 121 Å². The molecule has 428 valence electrons. The van der Waals surface area contributed by atoms with Gasteiger partial charge >= 0.3 is 0 Å². The minimum atomic E-state index is 1.22. The van der Waals surface area contributed by atoms with Gasteiger partial charge in [-0.2, -0.15) is 0 Å². The molecule has 0 saturated heterocycles. The standard InChI is InChI=1S/C74H96S6/c1-3-5-7-9-11-13-15-17-19-21-23-25-27-29-31-33-35-63-47-49-67(75-63)69-55-57-73(79-69)71-53-51-65(77-71)61-43-39-59(40-44-61)37-38-60-41-45-62(46-42-60)66-52-54-72(78-66)74-58-56-70(80-74)68-50-48-64(76-68)36-34-32-30-28-26-24-22-20-18-16-14-12-10-8-6-4-2/h37-58H,3-36H2,1-2H3/b38-37+. The number of rotatable bonds is 42. The fourth-order valence-corrected chi connectivity index (χ4v) is 17.6. The van der Waals surface area contributed by atoms with Gasteiger partial charge in [0.1, 0.15) is 0 Å². The van der Waals surface area contributed by atoms with E-state index in [1.54, 1.807) is 9.75 Å². The van der Waals surface area contributed by atoms with Crippen LogP contribution in [0.4, 0.5) is 0 Å². The lowest BCUT2D eigenvalue weighted by Gasteiger charge is -2.03. The Kier molecular flexibility index (Phi) is 28.8. The number of unbranched alkanes of at least 4 members (excludes halogenated alkanes) is 30. The van der Waals surface area contributed by atoms with E-state index in [0.717, 1.165) is 0 Å². The van der Waals surface area contributed by atoms with Gasteiger partial charge in [-0.25, -0.2) is 0 Å². The zero-order valence-corrected chi connectivity index (χ0v) is 54.1. The summed E-state index contributed by atoms with van der Waals surface area (Å²) in [5.41, 5.74) is 4.99. The van der Waals surface area contributed by atoms with Crippen LogP contribution in [0, 0.1) is 0 Å². The van der Waals surface area contributed by atoms with E-state index >= 15 is 0 Å². The first-order chi connectivity index (χ1) is 39.6. The smallest absolute Gasteiger partial charge is 0.0449 e. The molecule has 0 radical (unpaired) electrons. The third-order valence-electron chi connectivity index (χ3n) is 16.1. The quantitative estimate of drug-likeness (QED) is 0.0264. The van der Waals surface area contributed by atoms with E-state index in [9.17, 15) is 0 Å². The Hall–Kier alpha value is -3.62. The van der Waals surface area contributed by atoms with Crippen molar-refractivity contribution in [3.8, 4) is 59.9 Å². The second-order valence-corrected chi connectivity index (χ2v) is 29.5. The summed E-state index contributed by atoms with van der Waals surface area (Å²) in [6.45, 7) is 4.61. The fraction of sp³-hybridized carbons (Fsp3) is 0.486. The van der Waals surface area contributed by atoms with Gasteiger partial charge < -0.3 is 0 Å². The molecular formula is C74H96S6. The largest absolute Gasteiger partial charge is 0.139 e. The topological polar surface area (TPSA) is 0 Å². The Balaban J connectivity index is 0.693. The molecule has 0 aliphatic heterocycles. The van der Waals surface area contributed by atoms with Crippen LogP contribution in [-0.2, 0) is 12.8 Å². The van der Waals surface area contributed by atoms with E-state index < -0.39 is 0 Å². The molecule has 0 saturated carbocycles. The highest BCUT2D eigenvalue weighted by molar-refractivity contribution is 7.28. The lowest BCUT2D eigenvalue weighted by Crippen LogP contribution is -1.84. The van der Waals surface area contributed by atoms with Crippen molar-refractivity contribution in [1.82, 2.24) is 0 Å². The molecule has 0 atom stereocenters. The summed E-state index contributed by atoms with van der Waals surface area (Å²) in [4.78, 5) is 16.8. The summed E-state index contributed by atoms with van der Waals surface area (Å²) in [5.74, 6) is 0. The Bertz CT molecular complexity index is 2690. The molecule has 6 heteroatoms. The first-order valence-electron chi connectivity index (χ1n) is 32.1. The van der Waals surface area contributed by atoms with Crippen LogP contribution in [-0.4, -0.2) is 0 Å². The summed E-state index contributed by atoms with van der Waals surface area (Å²) in [6.07, 6.45) is 52.5. The maximum atomic E-state index is 2.38. The zero-order chi connectivity index (χ0) is 55.1. The number of aryl methyl sites for hydroxylation is 2. The van der Waals surface area contributed by atoms with E-state index in [4.69, 9.17) is 0 Å². The van der Waals surface area contributed by atoms with Gasteiger partial charge in [0.25, 0.3) is 0 Å². The molecule has 0 aliphatic rings. The summed E-state index contributed by atoms with van der Waals surface area (Å²) in [6, 6.07) is 46.1. The van der Waals surface area contributed by atoms with Crippen molar-refractivity contribution in [3.63, 3.8) is 0 Å². The SMILES string of the molecule is CCCCCCCCCCCCCCCCCCc1ccc(-c2ccc(-c3ccc(-c4ccc(/C=C/c5ccc(-c6ccc(-c7ccc(-c8ccc(CCCCCCCCCCCCCCCCCC)s8)s7)s6)cc5)cc4)s3)s2)s1. The molecule has 2 aromatic carbocycles. The summed E-state index contributed by atoms with van der Waals surface area (Å²) < 4.78 is 0. The van der Waals surface area contributed by atoms with E-state index in [-0.39, 0.29) is 0 Å². The second kappa shape index (κ2) is 36.9. The average Bonchev–Trinajstić information content (AvgIpc) is 4.47. The number of thiophene rings is 6. The minimum Gasteiger partial charge on any atom is -0.139 e. The summed E-state index contributed by atoms with van der Waals surface area (Å²) >= 11 is 11.7. The molecule has 0 amide bonds. The van der Waals surface area contributed by atoms with Gasteiger partial charge in [-0.1, -0.05) is 267 Å². The van der Waals surface area contributed by atoms with E-state index in [1.807, 2.05) is 68.0 Å². The Morgan fingerprint density at radius 1 is 0.212 bits per heavy atom. The molecule has 6 aromatic heterocycles. The molecule has 8 rings (SSSR count). The Labute approximate surface area is 510 Å². The Morgan fingerprint density at radius 3 is 0.700 bits per heavy atom. The molecule has 0 bridgehead atoms. The van der Waals surface area contributed by atoms with Crippen molar-refractivity contribution in [3.05, 3.63) is 142 Å². The van der Waals surface area contributed by atoms with Crippen molar-refractivity contribution in [2.45, 2.75) is 232 Å². The molecule has 0 aliphatic carbocycles. The molecule has 0 unspecified atom stereocenters. The molecule has 0 fully saturated rings. The van der Waals surface area contributed by atoms with E-state index in [1.165, 1.54) is 289 Å². The highest BCUT2D eigenvalue weighted by Gasteiger charge is 2.13. The van der Waals surface area contributed by atoms with Gasteiger partial charge in [0, 0.05) is 58.5 Å². The van der Waals surface area contributed by atoms with Crippen molar-refractivity contribution in [2.75, 3.05) is 0 Å². The first-order valence-corrected chi connectivity index (χ1v) is 37.0. The number of hydrogen-bond acceptors (Lipinski definition) is 6. The lowest BCUT2D eigenvalue weighted by atomic mass is 10.0. The van der Waals surface area contributed by atoms with Gasteiger partial charge in [0.15, 0.2) is 0 Å². The van der Waals surface area contributed by atoms with Crippen molar-refractivity contribution >= 4 is 80.2 Å². The molecule has 0 nitrogen and oxygen atoms in total. The molecule has 6 heterocycles. The number of benzene rings is 2. The first kappa shape index (κ1) is 62.4. The van der Waals surface area contributed by atoms with Crippen LogP contribution in [0.5, 0.6) is 0 Å². The number of hydrogen-bond donors (Lipinski definition) is 0. The average molecular weight is 1180 g/mol. The van der Waals surface area contributed by atoms with Crippen molar-refractivity contribution < 1.29 is 0 Å².